The largest absolute Gasteiger partial charge is 0.495 e. The van der Waals surface area contributed by atoms with Gasteiger partial charge in [0.15, 0.2) is 5.78 Å². The first kappa shape index (κ1) is 17.0. The van der Waals surface area contributed by atoms with E-state index < -0.39 is 11.7 Å². The molecule has 116 valence electrons. The second-order valence-electron chi connectivity index (χ2n) is 5.50. The summed E-state index contributed by atoms with van der Waals surface area (Å²) in [6, 6.07) is 4.81. The fourth-order valence-electron chi connectivity index (χ4n) is 1.67. The third-order valence-corrected chi connectivity index (χ3v) is 2.53. The van der Waals surface area contributed by atoms with E-state index in [4.69, 9.17) is 15.2 Å². The molecule has 0 saturated carbocycles. The van der Waals surface area contributed by atoms with Gasteiger partial charge in [0.25, 0.3) is 0 Å². The minimum absolute atomic E-state index is 0.0904. The van der Waals surface area contributed by atoms with Crippen molar-refractivity contribution in [1.82, 2.24) is 0 Å². The van der Waals surface area contributed by atoms with Gasteiger partial charge in [0.1, 0.15) is 11.4 Å². The van der Waals surface area contributed by atoms with Crippen molar-refractivity contribution in [2.75, 3.05) is 19.0 Å². The maximum Gasteiger partial charge on any atom is 0.412 e. The molecule has 0 radical (unpaired) electrons. The summed E-state index contributed by atoms with van der Waals surface area (Å²) in [5.41, 5.74) is 5.62. The Balaban J connectivity index is 2.95. The number of ketones is 1. The number of carbonyl (C=O) groups is 2. The van der Waals surface area contributed by atoms with E-state index in [2.05, 4.69) is 5.32 Å². The molecular formula is C15H22N2O4. The van der Waals surface area contributed by atoms with Gasteiger partial charge in [0, 0.05) is 12.0 Å². The Labute approximate surface area is 124 Å². The minimum Gasteiger partial charge on any atom is -0.495 e. The minimum atomic E-state index is -0.607. The first-order chi connectivity index (χ1) is 9.76. The van der Waals surface area contributed by atoms with Gasteiger partial charge in [0.05, 0.1) is 12.8 Å². The second kappa shape index (κ2) is 7.08. The number of amides is 1. The van der Waals surface area contributed by atoms with Crippen LogP contribution in [0.15, 0.2) is 18.2 Å². The smallest absolute Gasteiger partial charge is 0.412 e. The summed E-state index contributed by atoms with van der Waals surface area (Å²) in [6.45, 7) is 5.58. The van der Waals surface area contributed by atoms with Gasteiger partial charge >= 0.3 is 6.09 Å². The van der Waals surface area contributed by atoms with Crippen molar-refractivity contribution in [1.29, 1.82) is 0 Å². The van der Waals surface area contributed by atoms with Gasteiger partial charge in [-0.2, -0.15) is 0 Å². The van der Waals surface area contributed by atoms with Gasteiger partial charge < -0.3 is 15.2 Å². The zero-order valence-corrected chi connectivity index (χ0v) is 12.9. The predicted molar refractivity (Wildman–Crippen MR) is 80.9 cm³/mol. The third-order valence-electron chi connectivity index (χ3n) is 2.53. The summed E-state index contributed by atoms with van der Waals surface area (Å²) < 4.78 is 10.3. The van der Waals surface area contributed by atoms with Gasteiger partial charge in [-0.3, -0.25) is 10.1 Å². The Hall–Kier alpha value is -2.08. The number of hydrogen-bond donors (Lipinski definition) is 2. The molecule has 0 aliphatic heterocycles. The molecule has 0 aliphatic rings. The lowest BCUT2D eigenvalue weighted by atomic mass is 10.1. The van der Waals surface area contributed by atoms with Crippen molar-refractivity contribution in [2.45, 2.75) is 32.8 Å². The zero-order valence-electron chi connectivity index (χ0n) is 12.9. The molecule has 1 amide bonds. The number of rotatable bonds is 5. The Morgan fingerprint density at radius 2 is 1.95 bits per heavy atom. The van der Waals surface area contributed by atoms with Crippen LogP contribution in [-0.4, -0.2) is 31.1 Å². The van der Waals surface area contributed by atoms with Crippen molar-refractivity contribution in [2.24, 2.45) is 5.73 Å². The number of Topliss-reactive ketones (excluding diaryl/α,β-unsaturated/α-hetero) is 1. The van der Waals surface area contributed by atoms with Crippen LogP contribution in [0.4, 0.5) is 10.5 Å². The highest BCUT2D eigenvalue weighted by Crippen LogP contribution is 2.26. The normalized spacial score (nSPS) is 10.9. The molecule has 0 atom stereocenters. The van der Waals surface area contributed by atoms with E-state index in [1.807, 2.05) is 0 Å². The molecule has 3 N–H and O–H groups in total. The van der Waals surface area contributed by atoms with Crippen LogP contribution in [0.25, 0.3) is 0 Å². The van der Waals surface area contributed by atoms with Gasteiger partial charge in [0.2, 0.25) is 0 Å². The molecule has 1 aromatic rings. The zero-order chi connectivity index (χ0) is 16.0. The van der Waals surface area contributed by atoms with Gasteiger partial charge in [-0.25, -0.2) is 4.79 Å². The molecule has 0 aliphatic carbocycles. The maximum atomic E-state index is 11.8. The number of benzene rings is 1. The van der Waals surface area contributed by atoms with Crippen molar-refractivity contribution < 1.29 is 19.1 Å². The number of anilines is 1. The topological polar surface area (TPSA) is 90.6 Å². The highest BCUT2D eigenvalue weighted by atomic mass is 16.6. The molecule has 0 saturated heterocycles. The summed E-state index contributed by atoms with van der Waals surface area (Å²) in [5.74, 6) is 0.359. The van der Waals surface area contributed by atoms with Crippen molar-refractivity contribution >= 4 is 17.6 Å². The van der Waals surface area contributed by atoms with E-state index in [0.717, 1.165) is 0 Å². The summed E-state index contributed by atoms with van der Waals surface area (Å²) in [7, 11) is 1.48. The number of hydrogen-bond acceptors (Lipinski definition) is 5. The lowest BCUT2D eigenvalue weighted by molar-refractivity contribution is 0.0635. The summed E-state index contributed by atoms with van der Waals surface area (Å²) in [5, 5.41) is 2.59. The van der Waals surface area contributed by atoms with E-state index >= 15 is 0 Å². The van der Waals surface area contributed by atoms with Crippen LogP contribution in [0, 0.1) is 0 Å². The van der Waals surface area contributed by atoms with Crippen molar-refractivity contribution in [3.8, 4) is 5.75 Å². The summed E-state index contributed by atoms with van der Waals surface area (Å²) in [4.78, 5) is 23.7. The third kappa shape index (κ3) is 5.43. The number of nitrogens with one attached hydrogen (secondary N) is 1. The Morgan fingerprint density at radius 1 is 1.29 bits per heavy atom. The average molecular weight is 294 g/mol. The first-order valence-corrected chi connectivity index (χ1v) is 6.68. The van der Waals surface area contributed by atoms with Crippen LogP contribution in [0.5, 0.6) is 5.75 Å². The van der Waals surface area contributed by atoms with E-state index in [0.29, 0.717) is 17.0 Å². The Kier molecular flexibility index (Phi) is 5.72. The quantitative estimate of drug-likeness (QED) is 0.814. The SMILES string of the molecule is COc1ccc(C(=O)CCN)cc1NC(=O)OC(C)(C)C. The summed E-state index contributed by atoms with van der Waals surface area (Å²) in [6.07, 6.45) is -0.359. The second-order valence-corrected chi connectivity index (χ2v) is 5.50. The van der Waals surface area contributed by atoms with Gasteiger partial charge in [-0.05, 0) is 45.5 Å². The van der Waals surface area contributed by atoms with E-state index in [-0.39, 0.29) is 18.7 Å². The van der Waals surface area contributed by atoms with Crippen LogP contribution in [0.1, 0.15) is 37.6 Å². The van der Waals surface area contributed by atoms with E-state index in [1.54, 1.807) is 39.0 Å². The first-order valence-electron chi connectivity index (χ1n) is 6.68. The lowest BCUT2D eigenvalue weighted by Crippen LogP contribution is -2.27. The highest BCUT2D eigenvalue weighted by molar-refractivity contribution is 5.98. The number of ether oxygens (including phenoxy) is 2. The molecule has 0 heterocycles. The van der Waals surface area contributed by atoms with Crippen LogP contribution >= 0.6 is 0 Å². The molecule has 21 heavy (non-hydrogen) atoms. The molecular weight excluding hydrogens is 272 g/mol. The fourth-order valence-corrected chi connectivity index (χ4v) is 1.67. The molecule has 1 rings (SSSR count). The fraction of sp³-hybridized carbons (Fsp3) is 0.467. The Morgan fingerprint density at radius 3 is 2.48 bits per heavy atom. The Bertz CT molecular complexity index is 521. The number of carbonyl (C=O) groups excluding carboxylic acids is 2. The van der Waals surface area contributed by atoms with Crippen LogP contribution in [0.3, 0.4) is 0 Å². The summed E-state index contributed by atoms with van der Waals surface area (Å²) >= 11 is 0. The molecule has 0 spiro atoms. The van der Waals surface area contributed by atoms with Crippen molar-refractivity contribution in [3.63, 3.8) is 0 Å². The van der Waals surface area contributed by atoms with Gasteiger partial charge in [-0.1, -0.05) is 0 Å². The lowest BCUT2D eigenvalue weighted by Gasteiger charge is -2.20. The standard InChI is InChI=1S/C15H22N2O4/c1-15(2,3)21-14(19)17-11-9-10(12(18)7-8-16)5-6-13(11)20-4/h5-6,9H,7-8,16H2,1-4H3,(H,17,19). The molecule has 0 unspecified atom stereocenters. The molecule has 0 fully saturated rings. The van der Waals surface area contributed by atoms with Crippen molar-refractivity contribution in [3.05, 3.63) is 23.8 Å². The molecule has 0 bridgehead atoms. The molecule has 0 aromatic heterocycles. The molecule has 1 aromatic carbocycles. The molecule has 6 heteroatoms. The monoisotopic (exact) mass is 294 g/mol. The van der Waals surface area contributed by atoms with Crippen LogP contribution < -0.4 is 15.8 Å². The predicted octanol–water partition coefficient (Wildman–Crippen LogP) is 2.57. The van der Waals surface area contributed by atoms with E-state index in [1.165, 1.54) is 7.11 Å². The maximum absolute atomic E-state index is 11.8. The highest BCUT2D eigenvalue weighted by Gasteiger charge is 2.18. The van der Waals surface area contributed by atoms with Crippen LogP contribution in [-0.2, 0) is 4.74 Å². The average Bonchev–Trinajstić information content (AvgIpc) is 2.36. The van der Waals surface area contributed by atoms with E-state index in [9.17, 15) is 9.59 Å². The van der Waals surface area contributed by atoms with Crippen LogP contribution in [0.2, 0.25) is 0 Å². The number of methoxy groups -OCH3 is 1. The number of nitrogens with two attached hydrogens (primary N) is 1. The molecule has 6 nitrogen and oxygen atoms in total. The van der Waals surface area contributed by atoms with Gasteiger partial charge in [-0.15, -0.1) is 0 Å².